The summed E-state index contributed by atoms with van der Waals surface area (Å²) < 4.78 is 12.1. The number of furan rings is 1. The van der Waals surface area contributed by atoms with Gasteiger partial charge in [-0.15, -0.1) is 0 Å². The highest BCUT2D eigenvalue weighted by Gasteiger charge is 2.14. The SMILES string of the molecule is Cc1c(-c2ccc3ccccc3n2)oc2cc(OCc3ccccc3)ccc12. The van der Waals surface area contributed by atoms with E-state index in [-0.39, 0.29) is 0 Å². The second-order valence-electron chi connectivity index (χ2n) is 6.88. The molecule has 0 atom stereocenters. The Hall–Kier alpha value is -3.59. The zero-order valence-electron chi connectivity index (χ0n) is 15.6. The normalized spacial score (nSPS) is 11.2. The smallest absolute Gasteiger partial charge is 0.156 e. The number of ether oxygens (including phenoxy) is 1. The average Bonchev–Trinajstić information content (AvgIpc) is 3.08. The number of aromatic nitrogens is 1. The van der Waals surface area contributed by atoms with Crippen molar-refractivity contribution >= 4 is 21.9 Å². The van der Waals surface area contributed by atoms with Gasteiger partial charge < -0.3 is 9.15 Å². The average molecular weight is 365 g/mol. The predicted molar refractivity (Wildman–Crippen MR) is 112 cm³/mol. The fraction of sp³-hybridized carbons (Fsp3) is 0.0800. The lowest BCUT2D eigenvalue weighted by molar-refractivity contribution is 0.306. The third kappa shape index (κ3) is 3.01. The van der Waals surface area contributed by atoms with Crippen LogP contribution in [0.4, 0.5) is 0 Å². The molecule has 3 aromatic carbocycles. The molecule has 0 N–H and O–H groups in total. The van der Waals surface area contributed by atoms with E-state index in [1.807, 2.05) is 54.6 Å². The first-order valence-electron chi connectivity index (χ1n) is 9.34. The summed E-state index contributed by atoms with van der Waals surface area (Å²) in [6, 6.07) is 28.3. The molecule has 0 aliphatic heterocycles. The Kier molecular flexibility index (Phi) is 4.06. The van der Waals surface area contributed by atoms with Crippen LogP contribution < -0.4 is 4.74 Å². The quantitative estimate of drug-likeness (QED) is 0.363. The van der Waals surface area contributed by atoms with E-state index in [1.165, 1.54) is 0 Å². The molecule has 5 rings (SSSR count). The molecule has 0 fully saturated rings. The summed E-state index contributed by atoms with van der Waals surface area (Å²) in [6.45, 7) is 2.60. The van der Waals surface area contributed by atoms with Gasteiger partial charge in [0.15, 0.2) is 5.76 Å². The standard InChI is InChI=1S/C25H19NO2/c1-17-21-13-12-20(27-16-18-7-3-2-4-8-18)15-24(21)28-25(17)23-14-11-19-9-5-6-10-22(19)26-23/h2-15H,16H2,1H3. The summed E-state index contributed by atoms with van der Waals surface area (Å²) in [7, 11) is 0. The summed E-state index contributed by atoms with van der Waals surface area (Å²) in [6.07, 6.45) is 0. The van der Waals surface area contributed by atoms with Gasteiger partial charge in [0.1, 0.15) is 23.6 Å². The van der Waals surface area contributed by atoms with Crippen LogP contribution in [0.5, 0.6) is 5.75 Å². The van der Waals surface area contributed by atoms with E-state index in [1.54, 1.807) is 0 Å². The van der Waals surface area contributed by atoms with Crippen LogP contribution in [0.1, 0.15) is 11.1 Å². The van der Waals surface area contributed by atoms with Gasteiger partial charge in [-0.3, -0.25) is 0 Å². The van der Waals surface area contributed by atoms with Crippen LogP contribution >= 0.6 is 0 Å². The third-order valence-electron chi connectivity index (χ3n) is 4.99. The molecule has 0 saturated carbocycles. The number of rotatable bonds is 4. The lowest BCUT2D eigenvalue weighted by Crippen LogP contribution is -1.94. The molecular weight excluding hydrogens is 346 g/mol. The zero-order chi connectivity index (χ0) is 18.9. The largest absolute Gasteiger partial charge is 0.489 e. The third-order valence-corrected chi connectivity index (χ3v) is 4.99. The molecular formula is C25H19NO2. The van der Waals surface area contributed by atoms with E-state index in [9.17, 15) is 0 Å². The maximum atomic E-state index is 6.18. The van der Waals surface area contributed by atoms with Gasteiger partial charge in [-0.2, -0.15) is 0 Å². The minimum Gasteiger partial charge on any atom is -0.489 e. The second-order valence-corrected chi connectivity index (χ2v) is 6.88. The molecule has 0 radical (unpaired) electrons. The van der Waals surface area contributed by atoms with E-state index in [2.05, 4.69) is 37.3 Å². The van der Waals surface area contributed by atoms with Crippen LogP contribution in [0, 0.1) is 6.92 Å². The van der Waals surface area contributed by atoms with Crippen LogP contribution in [0.2, 0.25) is 0 Å². The maximum Gasteiger partial charge on any atom is 0.156 e. The molecule has 0 amide bonds. The second kappa shape index (κ2) is 6.86. The summed E-state index contributed by atoms with van der Waals surface area (Å²) in [5.74, 6) is 1.60. The number of fused-ring (bicyclic) bond motifs is 2. The number of hydrogen-bond donors (Lipinski definition) is 0. The van der Waals surface area contributed by atoms with Gasteiger partial charge in [0.2, 0.25) is 0 Å². The molecule has 0 aliphatic rings. The van der Waals surface area contributed by atoms with Crippen molar-refractivity contribution in [2.24, 2.45) is 0 Å². The van der Waals surface area contributed by atoms with Crippen LogP contribution in [-0.2, 0) is 6.61 Å². The fourth-order valence-corrected chi connectivity index (χ4v) is 3.47. The minimum absolute atomic E-state index is 0.533. The van der Waals surface area contributed by atoms with Crippen molar-refractivity contribution in [2.75, 3.05) is 0 Å². The molecule has 0 spiro atoms. The topological polar surface area (TPSA) is 35.3 Å². The van der Waals surface area contributed by atoms with Gasteiger partial charge in [-0.05, 0) is 36.8 Å². The molecule has 0 aliphatic carbocycles. The first-order chi connectivity index (χ1) is 13.8. The Morgan fingerprint density at radius 1 is 0.857 bits per heavy atom. The van der Waals surface area contributed by atoms with Gasteiger partial charge in [0.05, 0.1) is 5.52 Å². The van der Waals surface area contributed by atoms with Crippen LogP contribution in [0.25, 0.3) is 33.3 Å². The van der Waals surface area contributed by atoms with Gasteiger partial charge in [-0.1, -0.05) is 54.6 Å². The molecule has 2 heterocycles. The first-order valence-corrected chi connectivity index (χ1v) is 9.34. The minimum atomic E-state index is 0.533. The van der Waals surface area contributed by atoms with E-state index in [0.29, 0.717) is 6.61 Å². The summed E-state index contributed by atoms with van der Waals surface area (Å²) in [4.78, 5) is 4.77. The number of para-hydroxylation sites is 1. The number of nitrogens with zero attached hydrogens (tertiary/aromatic N) is 1. The number of pyridine rings is 1. The molecule has 5 aromatic rings. The van der Waals surface area contributed by atoms with Crippen molar-refractivity contribution in [2.45, 2.75) is 13.5 Å². The number of hydrogen-bond acceptors (Lipinski definition) is 3. The van der Waals surface area contributed by atoms with Crippen LogP contribution in [-0.4, -0.2) is 4.98 Å². The molecule has 28 heavy (non-hydrogen) atoms. The zero-order valence-corrected chi connectivity index (χ0v) is 15.6. The van der Waals surface area contributed by atoms with Gasteiger partial charge in [0, 0.05) is 22.4 Å². The van der Waals surface area contributed by atoms with Gasteiger partial charge in [-0.25, -0.2) is 4.98 Å². The Bertz CT molecular complexity index is 1270. The van der Waals surface area contributed by atoms with Crippen molar-refractivity contribution in [1.82, 2.24) is 4.98 Å². The Labute approximate surface area is 163 Å². The van der Waals surface area contributed by atoms with Gasteiger partial charge in [0.25, 0.3) is 0 Å². The lowest BCUT2D eigenvalue weighted by Gasteiger charge is -2.05. The Balaban J connectivity index is 1.49. The first kappa shape index (κ1) is 16.6. The summed E-state index contributed by atoms with van der Waals surface area (Å²) in [5, 5.41) is 2.20. The summed E-state index contributed by atoms with van der Waals surface area (Å²) >= 11 is 0. The Morgan fingerprint density at radius 2 is 1.68 bits per heavy atom. The van der Waals surface area contributed by atoms with E-state index >= 15 is 0 Å². The predicted octanol–water partition coefficient (Wildman–Crippen LogP) is 6.54. The van der Waals surface area contributed by atoms with Gasteiger partial charge >= 0.3 is 0 Å². The number of aryl methyl sites for hydroxylation is 1. The molecule has 136 valence electrons. The lowest BCUT2D eigenvalue weighted by atomic mass is 10.1. The van der Waals surface area contributed by atoms with Crippen molar-refractivity contribution in [3.63, 3.8) is 0 Å². The molecule has 3 heteroatoms. The van der Waals surface area contributed by atoms with E-state index in [0.717, 1.165) is 50.2 Å². The number of benzene rings is 3. The molecule has 3 nitrogen and oxygen atoms in total. The highest BCUT2D eigenvalue weighted by atomic mass is 16.5. The van der Waals surface area contributed by atoms with E-state index < -0.39 is 0 Å². The molecule has 0 saturated heterocycles. The molecule has 0 bridgehead atoms. The fourth-order valence-electron chi connectivity index (χ4n) is 3.47. The van der Waals surface area contributed by atoms with Crippen molar-refractivity contribution in [3.05, 3.63) is 96.1 Å². The van der Waals surface area contributed by atoms with E-state index in [4.69, 9.17) is 14.1 Å². The van der Waals surface area contributed by atoms with Crippen molar-refractivity contribution < 1.29 is 9.15 Å². The van der Waals surface area contributed by atoms with Crippen LogP contribution in [0.15, 0.2) is 89.3 Å². The highest BCUT2D eigenvalue weighted by molar-refractivity contribution is 5.89. The monoisotopic (exact) mass is 365 g/mol. The van der Waals surface area contributed by atoms with Crippen molar-refractivity contribution in [3.8, 4) is 17.2 Å². The maximum absolute atomic E-state index is 6.18. The summed E-state index contributed by atoms with van der Waals surface area (Å²) in [5.41, 5.74) is 4.85. The molecule has 2 aromatic heterocycles. The van der Waals surface area contributed by atoms with Crippen molar-refractivity contribution in [1.29, 1.82) is 0 Å². The highest BCUT2D eigenvalue weighted by Crippen LogP contribution is 2.34. The molecule has 0 unspecified atom stereocenters. The van der Waals surface area contributed by atoms with Crippen LogP contribution in [0.3, 0.4) is 0 Å². The Morgan fingerprint density at radius 3 is 2.57 bits per heavy atom.